The zero-order valence-electron chi connectivity index (χ0n) is 10.9. The number of anilines is 1. The highest BCUT2D eigenvalue weighted by molar-refractivity contribution is 6.59. The van der Waals surface area contributed by atoms with Crippen LogP contribution < -0.4 is 10.8 Å². The first kappa shape index (κ1) is 17.2. The molecule has 0 unspecified atom stereocenters. The highest BCUT2D eigenvalue weighted by Crippen LogP contribution is 2.31. The first-order valence-corrected chi connectivity index (χ1v) is 5.72. The van der Waals surface area contributed by atoms with E-state index in [1.54, 1.807) is 0 Å². The van der Waals surface area contributed by atoms with Gasteiger partial charge in [-0.15, -0.1) is 0 Å². The summed E-state index contributed by atoms with van der Waals surface area (Å²) in [5.74, 6) is -0.792. The van der Waals surface area contributed by atoms with E-state index in [9.17, 15) is 22.4 Å². The third-order valence-corrected chi connectivity index (χ3v) is 2.64. The second kappa shape index (κ2) is 6.73. The molecule has 0 radical (unpaired) electrons. The van der Waals surface area contributed by atoms with Gasteiger partial charge in [-0.25, -0.2) is 17.6 Å². The smallest absolute Gasteiger partial charge is 0.423 e. The average Bonchev–Trinajstić information content (AvgIpc) is 2.37. The van der Waals surface area contributed by atoms with Crippen LogP contribution in [-0.4, -0.2) is 23.1 Å². The number of nitrogens with one attached hydrogen (secondary N) is 1. The quantitative estimate of drug-likeness (QED) is 0.441. The van der Waals surface area contributed by atoms with Gasteiger partial charge in [0.2, 0.25) is 0 Å². The highest BCUT2D eigenvalue weighted by Gasteiger charge is 2.27. The van der Waals surface area contributed by atoms with Gasteiger partial charge < -0.3 is 15.4 Å². The molecule has 0 atom stereocenters. The summed E-state index contributed by atoms with van der Waals surface area (Å²) in [6.07, 6.45) is -6.31. The van der Waals surface area contributed by atoms with Gasteiger partial charge in [0.25, 0.3) is 18.8 Å². The first-order chi connectivity index (χ1) is 9.65. The fourth-order valence-corrected chi connectivity index (χ4v) is 1.58. The Morgan fingerprint density at radius 1 is 1.19 bits per heavy atom. The second-order valence-corrected chi connectivity index (χ2v) is 4.28. The van der Waals surface area contributed by atoms with Crippen LogP contribution in [0, 0.1) is 0 Å². The summed E-state index contributed by atoms with van der Waals surface area (Å²) < 4.78 is 51.4. The van der Waals surface area contributed by atoms with Crippen LogP contribution in [0.5, 0.6) is 0 Å². The molecule has 0 fully saturated rings. The van der Waals surface area contributed by atoms with Gasteiger partial charge in [-0.2, -0.15) is 0 Å². The van der Waals surface area contributed by atoms with Gasteiger partial charge in [0.1, 0.15) is 0 Å². The lowest BCUT2D eigenvalue weighted by molar-refractivity contribution is -0.112. The number of amides is 1. The molecule has 0 aromatic heterocycles. The fourth-order valence-electron chi connectivity index (χ4n) is 1.58. The number of alkyl halides is 4. The fraction of sp³-hybridized carbons (Fsp3) is 0.250. The number of hydrogen-bond donors (Lipinski definition) is 3. The molecule has 0 aliphatic rings. The lowest BCUT2D eigenvalue weighted by Gasteiger charge is -2.16. The van der Waals surface area contributed by atoms with Gasteiger partial charge in [0.15, 0.2) is 0 Å². The predicted molar refractivity (Wildman–Crippen MR) is 69.6 cm³/mol. The molecule has 0 aliphatic heterocycles. The minimum absolute atomic E-state index is 0.0132. The van der Waals surface area contributed by atoms with Crippen molar-refractivity contribution in [1.29, 1.82) is 0 Å². The van der Waals surface area contributed by atoms with Crippen LogP contribution in [0.15, 0.2) is 24.3 Å². The minimum Gasteiger partial charge on any atom is -0.423 e. The van der Waals surface area contributed by atoms with E-state index in [1.807, 2.05) is 0 Å². The van der Waals surface area contributed by atoms with Crippen LogP contribution in [0.4, 0.5) is 23.2 Å². The van der Waals surface area contributed by atoms with E-state index in [0.29, 0.717) is 12.1 Å². The molecule has 1 amide bonds. The van der Waals surface area contributed by atoms with Crippen LogP contribution >= 0.6 is 0 Å². The van der Waals surface area contributed by atoms with Gasteiger partial charge in [0.05, 0.1) is 0 Å². The minimum atomic E-state index is -3.18. The second-order valence-electron chi connectivity index (χ2n) is 4.28. The van der Waals surface area contributed by atoms with Crippen molar-refractivity contribution >= 4 is 24.2 Å². The van der Waals surface area contributed by atoms with Crippen molar-refractivity contribution in [2.45, 2.75) is 19.8 Å². The first-order valence-electron chi connectivity index (χ1n) is 5.72. The lowest BCUT2D eigenvalue weighted by atomic mass is 9.76. The van der Waals surface area contributed by atoms with E-state index >= 15 is 0 Å². The molecule has 0 saturated heterocycles. The summed E-state index contributed by atoms with van der Waals surface area (Å²) in [7, 11) is -2.29. The molecule has 1 aromatic carbocycles. The van der Waals surface area contributed by atoms with Crippen molar-refractivity contribution < 1.29 is 32.4 Å². The largest absolute Gasteiger partial charge is 0.488 e. The van der Waals surface area contributed by atoms with Gasteiger partial charge in [-0.3, -0.25) is 4.79 Å². The van der Waals surface area contributed by atoms with Gasteiger partial charge >= 0.3 is 7.12 Å². The molecule has 9 heteroatoms. The lowest BCUT2D eigenvalue weighted by Crippen LogP contribution is -2.34. The molecule has 4 nitrogen and oxygen atoms in total. The van der Waals surface area contributed by atoms with Crippen molar-refractivity contribution in [3.8, 4) is 0 Å². The zero-order chi connectivity index (χ0) is 16.3. The molecular formula is C12H12BF4NO3. The standard InChI is InChI=1S/C12H12BF4NO3/c1-5(2)12(19)18-9-4-8(13(20)21)6(10(14)15)3-7(9)11(16)17/h3-4,10-11,20-21H,1H2,2H3,(H,18,19). The van der Waals surface area contributed by atoms with E-state index in [1.165, 1.54) is 6.92 Å². The number of benzene rings is 1. The van der Waals surface area contributed by atoms with Crippen LogP contribution in [-0.2, 0) is 4.79 Å². The van der Waals surface area contributed by atoms with Crippen molar-refractivity contribution in [1.82, 2.24) is 0 Å². The Bertz CT molecular complexity index is 564. The maximum atomic E-state index is 12.9. The number of carbonyl (C=O) groups is 1. The third kappa shape index (κ3) is 4.05. The van der Waals surface area contributed by atoms with E-state index in [-0.39, 0.29) is 5.57 Å². The van der Waals surface area contributed by atoms with Crippen LogP contribution in [0.3, 0.4) is 0 Å². The normalized spacial score (nSPS) is 10.9. The zero-order valence-corrected chi connectivity index (χ0v) is 10.9. The Kier molecular flexibility index (Phi) is 5.51. The molecule has 0 aliphatic carbocycles. The summed E-state index contributed by atoms with van der Waals surface area (Å²) in [5, 5.41) is 20.2. The maximum absolute atomic E-state index is 12.9. The van der Waals surface area contributed by atoms with Crippen molar-refractivity contribution in [2.24, 2.45) is 0 Å². The number of halogens is 4. The Balaban J connectivity index is 3.43. The molecule has 1 aromatic rings. The van der Waals surface area contributed by atoms with Gasteiger partial charge in [-0.1, -0.05) is 6.58 Å². The Hall–Kier alpha value is -1.87. The third-order valence-electron chi connectivity index (χ3n) is 2.64. The Morgan fingerprint density at radius 2 is 1.71 bits per heavy atom. The molecule has 21 heavy (non-hydrogen) atoms. The molecule has 1 rings (SSSR count). The van der Waals surface area contributed by atoms with Crippen LogP contribution in [0.25, 0.3) is 0 Å². The monoisotopic (exact) mass is 305 g/mol. The Morgan fingerprint density at radius 3 is 2.10 bits per heavy atom. The van der Waals surface area contributed by atoms with E-state index < -0.39 is 48.2 Å². The molecule has 0 heterocycles. The summed E-state index contributed by atoms with van der Waals surface area (Å²) in [6.45, 7) is 4.64. The summed E-state index contributed by atoms with van der Waals surface area (Å²) in [4.78, 5) is 11.5. The van der Waals surface area contributed by atoms with Crippen molar-refractivity contribution in [3.63, 3.8) is 0 Å². The molecule has 0 saturated carbocycles. The summed E-state index contributed by atoms with van der Waals surface area (Å²) in [6, 6.07) is 1.13. The van der Waals surface area contributed by atoms with Crippen molar-refractivity contribution in [3.05, 3.63) is 35.4 Å². The molecule has 114 valence electrons. The van der Waals surface area contributed by atoms with Gasteiger partial charge in [-0.05, 0) is 24.5 Å². The van der Waals surface area contributed by atoms with E-state index in [0.717, 1.165) is 0 Å². The summed E-state index contributed by atoms with van der Waals surface area (Å²) >= 11 is 0. The van der Waals surface area contributed by atoms with E-state index in [4.69, 9.17) is 10.0 Å². The highest BCUT2D eigenvalue weighted by atomic mass is 19.3. The predicted octanol–water partition coefficient (Wildman–Crippen LogP) is 1.76. The van der Waals surface area contributed by atoms with Crippen molar-refractivity contribution in [2.75, 3.05) is 5.32 Å². The topological polar surface area (TPSA) is 69.6 Å². The number of rotatable bonds is 5. The molecular weight excluding hydrogens is 293 g/mol. The SMILES string of the molecule is C=C(C)C(=O)Nc1cc(B(O)O)c(C(F)F)cc1C(F)F. The molecule has 3 N–H and O–H groups in total. The van der Waals surface area contributed by atoms with E-state index in [2.05, 4.69) is 11.9 Å². The van der Waals surface area contributed by atoms with Gasteiger partial charge in [0, 0.05) is 22.4 Å². The molecule has 0 bridgehead atoms. The van der Waals surface area contributed by atoms with Crippen LogP contribution in [0.2, 0.25) is 0 Å². The van der Waals surface area contributed by atoms with Crippen LogP contribution in [0.1, 0.15) is 30.9 Å². The number of hydrogen-bond acceptors (Lipinski definition) is 3. The average molecular weight is 305 g/mol. The number of carbonyl (C=O) groups excluding carboxylic acids is 1. The Labute approximate surface area is 118 Å². The summed E-state index contributed by atoms with van der Waals surface area (Å²) in [5.41, 5.74) is -2.91. The maximum Gasteiger partial charge on any atom is 0.488 e. The molecule has 0 spiro atoms.